The molecule has 6 nitrogen and oxygen atoms in total. The van der Waals surface area contributed by atoms with Crippen molar-refractivity contribution in [1.29, 1.82) is 0 Å². The number of ether oxygens (including phenoxy) is 2. The average Bonchev–Trinajstić information content (AvgIpc) is 3.59. The third-order valence-corrected chi connectivity index (χ3v) is 6.90. The summed E-state index contributed by atoms with van der Waals surface area (Å²) in [6, 6.07) is 15.2. The second-order valence-electron chi connectivity index (χ2n) is 8.51. The number of rotatable bonds is 11. The molecule has 0 radical (unpaired) electrons. The Morgan fingerprint density at radius 1 is 1.03 bits per heavy atom. The predicted molar refractivity (Wildman–Crippen MR) is 133 cm³/mol. The standard InChI is InChI=1S/C27H29FN2O4S/c1-33-24-12-5-19(16-25(24)34-2)13-14-29(17-23-4-3-15-35-23)26(31)18-30(22-10-11-22)27(32)20-6-8-21(28)9-7-20/h3-9,12,15-16,22H,10-11,13-14,17-18H2,1-2H3. The van der Waals surface area contributed by atoms with Gasteiger partial charge in [-0.3, -0.25) is 9.59 Å². The van der Waals surface area contributed by atoms with E-state index in [1.165, 1.54) is 24.3 Å². The van der Waals surface area contributed by atoms with Crippen LogP contribution in [-0.4, -0.2) is 55.0 Å². The molecule has 1 fully saturated rings. The van der Waals surface area contributed by atoms with Crippen LogP contribution in [0.3, 0.4) is 0 Å². The second kappa shape index (κ2) is 11.4. The summed E-state index contributed by atoms with van der Waals surface area (Å²) in [5.74, 6) is 0.555. The largest absolute Gasteiger partial charge is 0.493 e. The van der Waals surface area contributed by atoms with Crippen molar-refractivity contribution in [1.82, 2.24) is 9.80 Å². The number of amides is 2. The Morgan fingerprint density at radius 2 is 1.77 bits per heavy atom. The Hall–Kier alpha value is -3.39. The van der Waals surface area contributed by atoms with E-state index >= 15 is 0 Å². The lowest BCUT2D eigenvalue weighted by Crippen LogP contribution is -2.44. The molecule has 0 atom stereocenters. The summed E-state index contributed by atoms with van der Waals surface area (Å²) in [5.41, 5.74) is 1.41. The van der Waals surface area contributed by atoms with Crippen LogP contribution in [0.25, 0.3) is 0 Å². The molecule has 2 aromatic carbocycles. The molecule has 0 spiro atoms. The van der Waals surface area contributed by atoms with E-state index in [2.05, 4.69) is 0 Å². The van der Waals surface area contributed by atoms with E-state index in [1.807, 2.05) is 35.7 Å². The topological polar surface area (TPSA) is 59.1 Å². The number of carbonyl (C=O) groups excluding carboxylic acids is 2. The van der Waals surface area contributed by atoms with E-state index < -0.39 is 5.82 Å². The number of thiophene rings is 1. The lowest BCUT2D eigenvalue weighted by molar-refractivity contribution is -0.132. The Labute approximate surface area is 208 Å². The fourth-order valence-corrected chi connectivity index (χ4v) is 4.66. The van der Waals surface area contributed by atoms with Gasteiger partial charge in [-0.1, -0.05) is 12.1 Å². The molecule has 184 valence electrons. The Kier molecular flexibility index (Phi) is 8.02. The van der Waals surface area contributed by atoms with Gasteiger partial charge in [0.15, 0.2) is 11.5 Å². The summed E-state index contributed by atoms with van der Waals surface area (Å²) in [6.07, 6.45) is 2.38. The summed E-state index contributed by atoms with van der Waals surface area (Å²) >= 11 is 1.60. The van der Waals surface area contributed by atoms with E-state index in [9.17, 15) is 14.0 Å². The zero-order valence-electron chi connectivity index (χ0n) is 19.9. The summed E-state index contributed by atoms with van der Waals surface area (Å²) in [7, 11) is 3.19. The number of hydrogen-bond acceptors (Lipinski definition) is 5. The predicted octanol–water partition coefficient (Wildman–Crippen LogP) is 4.78. The lowest BCUT2D eigenvalue weighted by Gasteiger charge is -2.28. The molecule has 1 heterocycles. The van der Waals surface area contributed by atoms with Gasteiger partial charge in [-0.05, 0) is 72.7 Å². The van der Waals surface area contributed by atoms with Crippen molar-refractivity contribution in [2.45, 2.75) is 31.8 Å². The number of benzene rings is 2. The molecule has 35 heavy (non-hydrogen) atoms. The maximum atomic E-state index is 13.5. The van der Waals surface area contributed by atoms with Gasteiger partial charge >= 0.3 is 0 Å². The number of carbonyl (C=O) groups is 2. The molecular weight excluding hydrogens is 467 g/mol. The Bertz CT molecular complexity index is 1150. The van der Waals surface area contributed by atoms with Gasteiger partial charge in [-0.15, -0.1) is 11.3 Å². The van der Waals surface area contributed by atoms with Gasteiger partial charge < -0.3 is 19.3 Å². The second-order valence-corrected chi connectivity index (χ2v) is 9.54. The molecule has 4 rings (SSSR count). The molecule has 0 N–H and O–H groups in total. The van der Waals surface area contributed by atoms with Crippen LogP contribution in [0.4, 0.5) is 4.39 Å². The number of hydrogen-bond donors (Lipinski definition) is 0. The van der Waals surface area contributed by atoms with E-state index in [-0.39, 0.29) is 24.4 Å². The minimum atomic E-state index is -0.395. The third kappa shape index (κ3) is 6.39. The normalized spacial score (nSPS) is 12.8. The molecule has 1 aliphatic rings. The van der Waals surface area contributed by atoms with Gasteiger partial charge in [-0.25, -0.2) is 4.39 Å². The van der Waals surface area contributed by atoms with Crippen molar-refractivity contribution < 1.29 is 23.5 Å². The van der Waals surface area contributed by atoms with Crippen LogP contribution in [0.5, 0.6) is 11.5 Å². The van der Waals surface area contributed by atoms with Crippen molar-refractivity contribution >= 4 is 23.2 Å². The zero-order chi connectivity index (χ0) is 24.8. The van der Waals surface area contributed by atoms with E-state index in [4.69, 9.17) is 9.47 Å². The van der Waals surface area contributed by atoms with Crippen molar-refractivity contribution in [3.8, 4) is 11.5 Å². The Morgan fingerprint density at radius 3 is 2.40 bits per heavy atom. The van der Waals surface area contributed by atoms with Crippen LogP contribution >= 0.6 is 11.3 Å². The highest BCUT2D eigenvalue weighted by atomic mass is 32.1. The van der Waals surface area contributed by atoms with Crippen LogP contribution in [0.15, 0.2) is 60.0 Å². The van der Waals surface area contributed by atoms with Crippen LogP contribution in [0.1, 0.15) is 33.6 Å². The highest BCUT2D eigenvalue weighted by Crippen LogP contribution is 2.29. The quantitative estimate of drug-likeness (QED) is 0.383. The summed E-state index contributed by atoms with van der Waals surface area (Å²) in [6.45, 7) is 0.973. The smallest absolute Gasteiger partial charge is 0.254 e. The van der Waals surface area contributed by atoms with Gasteiger partial charge in [0.1, 0.15) is 12.4 Å². The van der Waals surface area contributed by atoms with Crippen LogP contribution < -0.4 is 9.47 Å². The lowest BCUT2D eigenvalue weighted by atomic mass is 10.1. The van der Waals surface area contributed by atoms with Crippen LogP contribution in [0, 0.1) is 5.82 Å². The fourth-order valence-electron chi connectivity index (χ4n) is 3.94. The van der Waals surface area contributed by atoms with E-state index in [0.717, 1.165) is 23.3 Å². The SMILES string of the molecule is COc1ccc(CCN(Cc2cccs2)C(=O)CN(C(=O)c2ccc(F)cc2)C2CC2)cc1OC. The molecule has 2 amide bonds. The van der Waals surface area contributed by atoms with Gasteiger partial charge in [0.05, 0.1) is 20.8 Å². The summed E-state index contributed by atoms with van der Waals surface area (Å²) in [5, 5.41) is 1.99. The molecule has 0 aliphatic heterocycles. The summed E-state index contributed by atoms with van der Waals surface area (Å²) in [4.78, 5) is 31.1. The van der Waals surface area contributed by atoms with Crippen LogP contribution in [0.2, 0.25) is 0 Å². The first-order valence-corrected chi connectivity index (χ1v) is 12.4. The minimum absolute atomic E-state index is 0.00180. The first-order valence-electron chi connectivity index (χ1n) is 11.6. The molecule has 8 heteroatoms. The monoisotopic (exact) mass is 496 g/mol. The fraction of sp³-hybridized carbons (Fsp3) is 0.333. The van der Waals surface area contributed by atoms with Crippen molar-refractivity contribution in [2.24, 2.45) is 0 Å². The first-order chi connectivity index (χ1) is 17.0. The first kappa shape index (κ1) is 24.7. The maximum absolute atomic E-state index is 13.5. The molecule has 3 aromatic rings. The van der Waals surface area contributed by atoms with Gasteiger partial charge in [0.2, 0.25) is 5.91 Å². The average molecular weight is 497 g/mol. The van der Waals surface area contributed by atoms with E-state index in [0.29, 0.717) is 36.6 Å². The molecule has 0 unspecified atom stereocenters. The van der Waals surface area contributed by atoms with Crippen molar-refractivity contribution in [3.05, 3.63) is 81.8 Å². The van der Waals surface area contributed by atoms with Crippen molar-refractivity contribution in [3.63, 3.8) is 0 Å². The molecule has 1 aromatic heterocycles. The highest BCUT2D eigenvalue weighted by molar-refractivity contribution is 7.09. The van der Waals surface area contributed by atoms with Gasteiger partial charge in [0, 0.05) is 23.0 Å². The van der Waals surface area contributed by atoms with Gasteiger partial charge in [0.25, 0.3) is 5.91 Å². The number of nitrogens with zero attached hydrogens (tertiary/aromatic N) is 2. The maximum Gasteiger partial charge on any atom is 0.254 e. The third-order valence-electron chi connectivity index (χ3n) is 6.04. The zero-order valence-corrected chi connectivity index (χ0v) is 20.7. The number of halogens is 1. The number of methoxy groups -OCH3 is 2. The van der Waals surface area contributed by atoms with Crippen molar-refractivity contribution in [2.75, 3.05) is 27.3 Å². The van der Waals surface area contributed by atoms with E-state index in [1.54, 1.807) is 35.4 Å². The molecule has 1 saturated carbocycles. The summed E-state index contributed by atoms with van der Waals surface area (Å²) < 4.78 is 24.1. The van der Waals surface area contributed by atoms with Gasteiger partial charge in [-0.2, -0.15) is 0 Å². The Balaban J connectivity index is 1.48. The molecule has 0 saturated heterocycles. The highest BCUT2D eigenvalue weighted by Gasteiger charge is 2.35. The molecule has 0 bridgehead atoms. The minimum Gasteiger partial charge on any atom is -0.493 e. The van der Waals surface area contributed by atoms with Crippen LogP contribution in [-0.2, 0) is 17.8 Å². The molecular formula is C27H29FN2O4S. The molecule has 1 aliphatic carbocycles.